The maximum atomic E-state index is 5.09. The summed E-state index contributed by atoms with van der Waals surface area (Å²) >= 11 is 1.88. The molecule has 2 aliphatic rings. The summed E-state index contributed by atoms with van der Waals surface area (Å²) in [5, 5.41) is 1.72. The van der Waals surface area contributed by atoms with Crippen molar-refractivity contribution in [3.63, 3.8) is 0 Å². The SMILES string of the molecule is Cc1cccc(-n2cccc2[C@@H]2[C@@H](c3ccccn3)N=C3S[C@@H](C)CN32)c1. The topological polar surface area (TPSA) is 33.4 Å². The number of aliphatic imine (C=N–C) groups is 1. The molecule has 5 heteroatoms. The van der Waals surface area contributed by atoms with Gasteiger partial charge in [-0.2, -0.15) is 0 Å². The van der Waals surface area contributed by atoms with E-state index in [-0.39, 0.29) is 12.1 Å². The normalized spacial score (nSPS) is 24.1. The largest absolute Gasteiger partial charge is 0.339 e. The van der Waals surface area contributed by atoms with E-state index < -0.39 is 0 Å². The van der Waals surface area contributed by atoms with E-state index in [0.29, 0.717) is 5.25 Å². The van der Waals surface area contributed by atoms with Crippen LogP contribution in [-0.2, 0) is 0 Å². The van der Waals surface area contributed by atoms with E-state index >= 15 is 0 Å². The van der Waals surface area contributed by atoms with Gasteiger partial charge in [0.25, 0.3) is 0 Å². The van der Waals surface area contributed by atoms with E-state index in [9.17, 15) is 0 Å². The zero-order valence-corrected chi connectivity index (χ0v) is 16.3. The van der Waals surface area contributed by atoms with E-state index in [0.717, 1.165) is 17.4 Å². The molecule has 27 heavy (non-hydrogen) atoms. The Kier molecular flexibility index (Phi) is 4.05. The molecular formula is C22H22N4S. The predicted octanol–water partition coefficient (Wildman–Crippen LogP) is 4.77. The molecule has 1 aromatic carbocycles. The van der Waals surface area contributed by atoms with Crippen molar-refractivity contribution < 1.29 is 0 Å². The Bertz CT molecular complexity index is 994. The van der Waals surface area contributed by atoms with Crippen LogP contribution in [0, 0.1) is 6.92 Å². The Hall–Kier alpha value is -2.53. The Morgan fingerprint density at radius 1 is 1.07 bits per heavy atom. The molecule has 2 aliphatic heterocycles. The van der Waals surface area contributed by atoms with Crippen molar-refractivity contribution in [1.29, 1.82) is 0 Å². The molecule has 0 radical (unpaired) electrons. The third-order valence-electron chi connectivity index (χ3n) is 5.24. The summed E-state index contributed by atoms with van der Waals surface area (Å²) in [5.41, 5.74) is 4.77. The van der Waals surface area contributed by atoms with E-state index in [1.807, 2.05) is 24.0 Å². The molecule has 4 nitrogen and oxygen atoms in total. The number of benzene rings is 1. The van der Waals surface area contributed by atoms with Crippen LogP contribution < -0.4 is 0 Å². The standard InChI is InChI=1S/C22H22N4S/c1-15-7-5-8-17(13-15)25-12-6-10-19(25)21-20(18-9-3-4-11-23-18)24-22-26(21)14-16(2)27-22/h3-13,16,20-21H,14H2,1-2H3/t16-,20+,21+/m0/s1. The maximum Gasteiger partial charge on any atom is 0.160 e. The van der Waals surface area contributed by atoms with Gasteiger partial charge in [-0.3, -0.25) is 9.98 Å². The van der Waals surface area contributed by atoms with Crippen LogP contribution in [0.25, 0.3) is 5.69 Å². The zero-order chi connectivity index (χ0) is 18.4. The molecule has 0 amide bonds. The number of pyridine rings is 1. The molecule has 1 fully saturated rings. The highest BCUT2D eigenvalue weighted by Crippen LogP contribution is 2.47. The molecule has 4 heterocycles. The minimum atomic E-state index is 0.0275. The lowest BCUT2D eigenvalue weighted by molar-refractivity contribution is 0.312. The van der Waals surface area contributed by atoms with E-state index in [2.05, 4.69) is 83.0 Å². The van der Waals surface area contributed by atoms with E-state index in [1.54, 1.807) is 0 Å². The van der Waals surface area contributed by atoms with Crippen molar-refractivity contribution in [1.82, 2.24) is 14.5 Å². The van der Waals surface area contributed by atoms with Crippen molar-refractivity contribution >= 4 is 16.9 Å². The summed E-state index contributed by atoms with van der Waals surface area (Å²) in [5.74, 6) is 0. The van der Waals surface area contributed by atoms with Gasteiger partial charge in [-0.25, -0.2) is 0 Å². The molecule has 0 N–H and O–H groups in total. The summed E-state index contributed by atoms with van der Waals surface area (Å²) < 4.78 is 2.31. The molecule has 1 saturated heterocycles. The van der Waals surface area contributed by atoms with Crippen molar-refractivity contribution in [2.45, 2.75) is 31.2 Å². The van der Waals surface area contributed by atoms with Crippen molar-refractivity contribution in [2.75, 3.05) is 6.54 Å². The smallest absolute Gasteiger partial charge is 0.160 e. The monoisotopic (exact) mass is 374 g/mol. The van der Waals surface area contributed by atoms with Gasteiger partial charge in [0.2, 0.25) is 0 Å². The van der Waals surface area contributed by atoms with Gasteiger partial charge < -0.3 is 9.47 Å². The maximum absolute atomic E-state index is 5.09. The van der Waals surface area contributed by atoms with Gasteiger partial charge in [0.05, 0.1) is 11.7 Å². The molecule has 3 aromatic rings. The van der Waals surface area contributed by atoms with Crippen molar-refractivity contribution in [2.24, 2.45) is 4.99 Å². The first-order chi connectivity index (χ1) is 13.2. The number of aryl methyl sites for hydroxylation is 1. The van der Waals surface area contributed by atoms with Crippen LogP contribution in [0.3, 0.4) is 0 Å². The number of rotatable bonds is 3. The second kappa shape index (κ2) is 6.57. The third-order valence-corrected chi connectivity index (χ3v) is 6.35. The molecular weight excluding hydrogens is 352 g/mol. The number of hydrogen-bond acceptors (Lipinski definition) is 4. The second-order valence-corrected chi connectivity index (χ2v) is 8.68. The summed E-state index contributed by atoms with van der Waals surface area (Å²) in [7, 11) is 0. The van der Waals surface area contributed by atoms with Crippen LogP contribution in [0.5, 0.6) is 0 Å². The number of thioether (sulfide) groups is 1. The number of nitrogens with zero attached hydrogens (tertiary/aromatic N) is 4. The summed E-state index contributed by atoms with van der Waals surface area (Å²) in [6, 6.07) is 19.3. The van der Waals surface area contributed by atoms with E-state index in [4.69, 9.17) is 4.99 Å². The first-order valence-electron chi connectivity index (χ1n) is 9.37. The molecule has 0 bridgehead atoms. The van der Waals surface area contributed by atoms with Gasteiger partial charge in [-0.15, -0.1) is 0 Å². The number of fused-ring (bicyclic) bond motifs is 1. The van der Waals surface area contributed by atoms with Gasteiger partial charge in [-0.05, 0) is 48.9 Å². The van der Waals surface area contributed by atoms with Crippen LogP contribution in [0.4, 0.5) is 0 Å². The quantitative estimate of drug-likeness (QED) is 0.662. The lowest BCUT2D eigenvalue weighted by Crippen LogP contribution is -2.30. The highest BCUT2D eigenvalue weighted by molar-refractivity contribution is 8.14. The minimum Gasteiger partial charge on any atom is -0.339 e. The van der Waals surface area contributed by atoms with Gasteiger partial charge in [0, 0.05) is 35.6 Å². The second-order valence-electron chi connectivity index (χ2n) is 7.28. The van der Waals surface area contributed by atoms with Crippen molar-refractivity contribution in [3.8, 4) is 5.69 Å². The lowest BCUT2D eigenvalue weighted by atomic mass is 10.0. The van der Waals surface area contributed by atoms with Gasteiger partial charge >= 0.3 is 0 Å². The first-order valence-corrected chi connectivity index (χ1v) is 10.2. The van der Waals surface area contributed by atoms with Crippen molar-refractivity contribution in [3.05, 3.63) is 83.9 Å². The number of amidine groups is 1. The van der Waals surface area contributed by atoms with Crippen LogP contribution >= 0.6 is 11.8 Å². The van der Waals surface area contributed by atoms with E-state index in [1.165, 1.54) is 16.9 Å². The Morgan fingerprint density at radius 3 is 2.81 bits per heavy atom. The average Bonchev–Trinajstić information content (AvgIpc) is 3.36. The van der Waals surface area contributed by atoms with Crippen LogP contribution in [-0.4, -0.2) is 31.4 Å². The van der Waals surface area contributed by atoms with Crippen LogP contribution in [0.1, 0.15) is 36.0 Å². The van der Waals surface area contributed by atoms with Gasteiger partial charge in [0.1, 0.15) is 6.04 Å². The number of hydrogen-bond donors (Lipinski definition) is 0. The fourth-order valence-electron chi connectivity index (χ4n) is 4.09. The lowest BCUT2D eigenvalue weighted by Gasteiger charge is -2.28. The molecule has 0 unspecified atom stereocenters. The Labute approximate surface area is 164 Å². The number of aromatic nitrogens is 2. The molecule has 0 saturated carbocycles. The highest BCUT2D eigenvalue weighted by atomic mass is 32.2. The average molecular weight is 375 g/mol. The molecule has 136 valence electrons. The molecule has 2 aromatic heterocycles. The Balaban J connectivity index is 1.62. The van der Waals surface area contributed by atoms with Gasteiger partial charge in [-0.1, -0.05) is 36.9 Å². The fourth-order valence-corrected chi connectivity index (χ4v) is 5.18. The predicted molar refractivity (Wildman–Crippen MR) is 111 cm³/mol. The Morgan fingerprint density at radius 2 is 2.00 bits per heavy atom. The molecule has 5 rings (SSSR count). The highest BCUT2D eigenvalue weighted by Gasteiger charge is 2.44. The summed E-state index contributed by atoms with van der Waals surface area (Å²) in [4.78, 5) is 12.2. The third kappa shape index (κ3) is 2.86. The summed E-state index contributed by atoms with van der Waals surface area (Å²) in [6.45, 7) is 5.44. The van der Waals surface area contributed by atoms with Crippen LogP contribution in [0.15, 0.2) is 72.0 Å². The zero-order valence-electron chi connectivity index (χ0n) is 15.5. The first kappa shape index (κ1) is 16.6. The minimum absolute atomic E-state index is 0.0275. The molecule has 3 atom stereocenters. The van der Waals surface area contributed by atoms with Crippen LogP contribution in [0.2, 0.25) is 0 Å². The molecule has 0 aliphatic carbocycles. The summed E-state index contributed by atoms with van der Waals surface area (Å²) in [6.07, 6.45) is 4.02. The fraction of sp³-hybridized carbons (Fsp3) is 0.273. The van der Waals surface area contributed by atoms with Gasteiger partial charge in [0.15, 0.2) is 5.17 Å². The molecule has 0 spiro atoms.